The van der Waals surface area contributed by atoms with Gasteiger partial charge in [0.05, 0.1) is 40.6 Å². The molecule has 3 heterocycles. The van der Waals surface area contributed by atoms with Crippen molar-refractivity contribution in [2.45, 2.75) is 44.2 Å². The number of aromatic nitrogens is 5. The topological polar surface area (TPSA) is 93.8 Å². The lowest BCUT2D eigenvalue weighted by molar-refractivity contribution is -0.140. The van der Waals surface area contributed by atoms with Gasteiger partial charge in [-0.25, -0.2) is 4.39 Å². The van der Waals surface area contributed by atoms with Crippen LogP contribution in [0.3, 0.4) is 0 Å². The van der Waals surface area contributed by atoms with E-state index < -0.39 is 17.1 Å². The highest BCUT2D eigenvalue weighted by Crippen LogP contribution is 2.48. The fraction of sp³-hybridized carbons (Fsp3) is 0.296. The Morgan fingerprint density at radius 1 is 1.06 bits per heavy atom. The number of benzene rings is 1. The maximum atomic E-state index is 14.3. The van der Waals surface area contributed by atoms with Crippen LogP contribution >= 0.6 is 0 Å². The molecule has 0 spiro atoms. The summed E-state index contributed by atoms with van der Waals surface area (Å²) in [4.78, 5) is 24.9. The van der Waals surface area contributed by atoms with Crippen molar-refractivity contribution in [2.24, 2.45) is 7.05 Å². The lowest BCUT2D eigenvalue weighted by Crippen LogP contribution is -2.19. The van der Waals surface area contributed by atoms with E-state index >= 15 is 0 Å². The third kappa shape index (κ3) is 4.32. The highest BCUT2D eigenvalue weighted by atomic mass is 19.1. The average molecular weight is 472 g/mol. The van der Waals surface area contributed by atoms with Gasteiger partial charge < -0.3 is 5.11 Å². The molecule has 7 nitrogen and oxygen atoms in total. The number of carboxylic acid groups (broad SMARTS) is 1. The summed E-state index contributed by atoms with van der Waals surface area (Å²) in [6.07, 6.45) is 8.48. The van der Waals surface area contributed by atoms with Crippen LogP contribution in [-0.2, 0) is 29.3 Å². The fourth-order valence-corrected chi connectivity index (χ4v) is 4.29. The van der Waals surface area contributed by atoms with Crippen molar-refractivity contribution in [2.75, 3.05) is 0 Å². The SMILES string of the molecule is Cn1ncc(-c2ccc(-c3ccc(C4(C(=O)O)CC4)cc3)cn2)c1Cc1cncc(C(C)(C)F)n1. The molecule has 0 amide bonds. The first-order valence-electron chi connectivity index (χ1n) is 11.5. The minimum absolute atomic E-state index is 0.295. The van der Waals surface area contributed by atoms with E-state index in [9.17, 15) is 14.3 Å². The van der Waals surface area contributed by atoms with E-state index in [4.69, 9.17) is 0 Å². The summed E-state index contributed by atoms with van der Waals surface area (Å²) in [6, 6.07) is 11.6. The molecule has 1 aromatic carbocycles. The molecular formula is C27H26FN5O2. The van der Waals surface area contributed by atoms with E-state index in [-0.39, 0.29) is 0 Å². The molecule has 0 aliphatic heterocycles. The number of aryl methyl sites for hydroxylation is 1. The number of aliphatic carboxylic acids is 1. The number of carbonyl (C=O) groups is 1. The van der Waals surface area contributed by atoms with Gasteiger partial charge in [-0.15, -0.1) is 0 Å². The molecule has 1 fully saturated rings. The van der Waals surface area contributed by atoms with E-state index in [1.165, 1.54) is 20.0 Å². The van der Waals surface area contributed by atoms with Gasteiger partial charge in [0, 0.05) is 37.0 Å². The van der Waals surface area contributed by atoms with Gasteiger partial charge in [0.25, 0.3) is 0 Å². The zero-order chi connectivity index (χ0) is 24.8. The summed E-state index contributed by atoms with van der Waals surface area (Å²) < 4.78 is 16.1. The van der Waals surface area contributed by atoms with Crippen LogP contribution in [0, 0.1) is 0 Å². The molecule has 1 saturated carbocycles. The Morgan fingerprint density at radius 2 is 1.77 bits per heavy atom. The first-order valence-corrected chi connectivity index (χ1v) is 11.5. The normalized spacial score (nSPS) is 14.6. The second-order valence-electron chi connectivity index (χ2n) is 9.57. The first-order chi connectivity index (χ1) is 16.7. The van der Waals surface area contributed by atoms with Crippen LogP contribution in [0.4, 0.5) is 4.39 Å². The molecule has 3 aromatic heterocycles. The number of alkyl halides is 1. The lowest BCUT2D eigenvalue weighted by atomic mass is 9.94. The molecule has 178 valence electrons. The number of nitrogens with zero attached hydrogens (tertiary/aromatic N) is 5. The van der Waals surface area contributed by atoms with Crippen molar-refractivity contribution < 1.29 is 14.3 Å². The van der Waals surface area contributed by atoms with Crippen LogP contribution in [0.5, 0.6) is 0 Å². The van der Waals surface area contributed by atoms with Crippen LogP contribution in [0.1, 0.15) is 49.3 Å². The molecule has 0 unspecified atom stereocenters. The summed E-state index contributed by atoms with van der Waals surface area (Å²) in [5.74, 6) is -0.755. The summed E-state index contributed by atoms with van der Waals surface area (Å²) >= 11 is 0. The number of pyridine rings is 1. The molecule has 0 saturated heterocycles. The Hall–Kier alpha value is -3.94. The van der Waals surface area contributed by atoms with Gasteiger partial charge in [-0.2, -0.15) is 5.10 Å². The Bertz CT molecular complexity index is 1380. The van der Waals surface area contributed by atoms with Crippen molar-refractivity contribution in [1.82, 2.24) is 24.7 Å². The van der Waals surface area contributed by atoms with Crippen LogP contribution in [-0.4, -0.2) is 35.8 Å². The van der Waals surface area contributed by atoms with Gasteiger partial charge in [0.1, 0.15) is 5.67 Å². The predicted molar refractivity (Wildman–Crippen MR) is 129 cm³/mol. The molecule has 8 heteroatoms. The van der Waals surface area contributed by atoms with E-state index in [0.717, 1.165) is 33.6 Å². The number of halogens is 1. The van der Waals surface area contributed by atoms with Gasteiger partial charge in [0.2, 0.25) is 0 Å². The number of hydrogen-bond acceptors (Lipinski definition) is 5. The second kappa shape index (κ2) is 8.37. The van der Waals surface area contributed by atoms with Crippen molar-refractivity contribution in [3.63, 3.8) is 0 Å². The molecule has 0 radical (unpaired) electrons. The van der Waals surface area contributed by atoms with E-state index in [0.29, 0.717) is 30.7 Å². The molecular weight excluding hydrogens is 445 g/mol. The predicted octanol–water partition coefficient (Wildman–Crippen LogP) is 4.85. The van der Waals surface area contributed by atoms with Gasteiger partial charge in [-0.05, 0) is 43.9 Å². The highest BCUT2D eigenvalue weighted by Gasteiger charge is 2.51. The molecule has 35 heavy (non-hydrogen) atoms. The van der Waals surface area contributed by atoms with Crippen molar-refractivity contribution in [3.8, 4) is 22.4 Å². The van der Waals surface area contributed by atoms with E-state index in [1.807, 2.05) is 43.4 Å². The standard InChI is InChI=1S/C27H26FN5O2/c1-26(2,28)24-16-29-14-20(32-24)12-23-21(15-31-33(23)3)22-9-6-18(13-30-22)17-4-7-19(8-5-17)27(10-11-27)25(34)35/h4-9,13-16H,10-12H2,1-3H3,(H,34,35). The molecule has 1 aliphatic rings. The summed E-state index contributed by atoms with van der Waals surface area (Å²) in [5, 5.41) is 13.9. The Kier molecular flexibility index (Phi) is 5.46. The van der Waals surface area contributed by atoms with E-state index in [2.05, 4.69) is 20.1 Å². The minimum atomic E-state index is -1.57. The Balaban J connectivity index is 1.39. The smallest absolute Gasteiger partial charge is 0.314 e. The van der Waals surface area contributed by atoms with Gasteiger partial charge >= 0.3 is 5.97 Å². The third-order valence-electron chi connectivity index (χ3n) is 6.67. The van der Waals surface area contributed by atoms with Crippen molar-refractivity contribution in [1.29, 1.82) is 0 Å². The molecule has 4 aromatic rings. The number of carboxylic acids is 1. The van der Waals surface area contributed by atoms with Gasteiger partial charge in [-0.3, -0.25) is 24.4 Å². The maximum absolute atomic E-state index is 14.3. The monoisotopic (exact) mass is 471 g/mol. The van der Waals surface area contributed by atoms with Crippen molar-refractivity contribution in [3.05, 3.63) is 83.8 Å². The van der Waals surface area contributed by atoms with E-state index in [1.54, 1.807) is 23.3 Å². The molecule has 0 atom stereocenters. The van der Waals surface area contributed by atoms with Crippen LogP contribution < -0.4 is 0 Å². The fourth-order valence-electron chi connectivity index (χ4n) is 4.29. The molecule has 1 N–H and O–H groups in total. The first kappa shape index (κ1) is 22.8. The van der Waals surface area contributed by atoms with Crippen LogP contribution in [0.25, 0.3) is 22.4 Å². The quantitative estimate of drug-likeness (QED) is 0.414. The summed E-state index contributed by atoms with van der Waals surface area (Å²) in [7, 11) is 1.86. The number of rotatable bonds is 7. The van der Waals surface area contributed by atoms with Gasteiger partial charge in [-0.1, -0.05) is 30.3 Å². The highest BCUT2D eigenvalue weighted by molar-refractivity contribution is 5.85. The Labute approximate surface area is 202 Å². The maximum Gasteiger partial charge on any atom is 0.314 e. The third-order valence-corrected chi connectivity index (χ3v) is 6.67. The summed E-state index contributed by atoms with van der Waals surface area (Å²) in [6.45, 7) is 2.93. The number of hydrogen-bond donors (Lipinski definition) is 1. The summed E-state index contributed by atoms with van der Waals surface area (Å²) in [5.41, 5.74) is 3.98. The molecule has 1 aliphatic carbocycles. The van der Waals surface area contributed by atoms with Crippen LogP contribution in [0.2, 0.25) is 0 Å². The average Bonchev–Trinajstić information content (AvgIpc) is 3.59. The largest absolute Gasteiger partial charge is 0.481 e. The lowest BCUT2D eigenvalue weighted by Gasteiger charge is -2.14. The van der Waals surface area contributed by atoms with Crippen molar-refractivity contribution >= 4 is 5.97 Å². The second-order valence-corrected chi connectivity index (χ2v) is 9.57. The minimum Gasteiger partial charge on any atom is -0.481 e. The van der Waals surface area contributed by atoms with Crippen LogP contribution in [0.15, 0.2) is 61.2 Å². The Morgan fingerprint density at radius 3 is 2.37 bits per heavy atom. The zero-order valence-corrected chi connectivity index (χ0v) is 19.9. The zero-order valence-electron chi connectivity index (χ0n) is 19.9. The molecule has 0 bridgehead atoms. The molecule has 5 rings (SSSR count). The van der Waals surface area contributed by atoms with Gasteiger partial charge in [0.15, 0.2) is 0 Å².